The van der Waals surface area contributed by atoms with E-state index in [1.54, 1.807) is 0 Å². The first-order valence-electron chi connectivity index (χ1n) is 8.66. The SMILES string of the molecule is CC(CNC(=O)CCNC(=O)c1cc(F)ccc1Br)N(C)c1ccccc1. The van der Waals surface area contributed by atoms with Gasteiger partial charge in [0.25, 0.3) is 5.91 Å². The van der Waals surface area contributed by atoms with E-state index in [0.717, 1.165) is 11.8 Å². The van der Waals surface area contributed by atoms with Gasteiger partial charge in [0.05, 0.1) is 5.56 Å². The van der Waals surface area contributed by atoms with Crippen molar-refractivity contribution < 1.29 is 14.0 Å². The van der Waals surface area contributed by atoms with Crippen molar-refractivity contribution in [2.45, 2.75) is 19.4 Å². The van der Waals surface area contributed by atoms with Crippen LogP contribution in [0, 0.1) is 5.82 Å². The normalized spacial score (nSPS) is 11.6. The fourth-order valence-corrected chi connectivity index (χ4v) is 2.89. The molecule has 0 heterocycles. The molecule has 2 aromatic carbocycles. The number of nitrogens with zero attached hydrogens (tertiary/aromatic N) is 1. The summed E-state index contributed by atoms with van der Waals surface area (Å²) in [7, 11) is 1.98. The first kappa shape index (κ1) is 20.9. The Bertz CT molecular complexity index is 786. The van der Waals surface area contributed by atoms with Crippen LogP contribution in [-0.2, 0) is 4.79 Å². The second-order valence-electron chi connectivity index (χ2n) is 6.23. The molecule has 1 atom stereocenters. The van der Waals surface area contributed by atoms with Gasteiger partial charge in [-0.15, -0.1) is 0 Å². The number of amides is 2. The third-order valence-corrected chi connectivity index (χ3v) is 4.92. The van der Waals surface area contributed by atoms with Crippen molar-refractivity contribution in [3.63, 3.8) is 0 Å². The summed E-state index contributed by atoms with van der Waals surface area (Å²) in [6, 6.07) is 13.9. The highest BCUT2D eigenvalue weighted by atomic mass is 79.9. The van der Waals surface area contributed by atoms with Gasteiger partial charge >= 0.3 is 0 Å². The summed E-state index contributed by atoms with van der Waals surface area (Å²) in [6.45, 7) is 2.70. The highest BCUT2D eigenvalue weighted by molar-refractivity contribution is 9.10. The highest BCUT2D eigenvalue weighted by Crippen LogP contribution is 2.17. The van der Waals surface area contributed by atoms with Gasteiger partial charge in [-0.05, 0) is 53.2 Å². The van der Waals surface area contributed by atoms with Crippen molar-refractivity contribution in [3.05, 3.63) is 64.4 Å². The Hall–Kier alpha value is -2.41. The number of halogens is 2. The monoisotopic (exact) mass is 435 g/mol. The lowest BCUT2D eigenvalue weighted by molar-refractivity contribution is -0.121. The second-order valence-corrected chi connectivity index (χ2v) is 7.08. The fraction of sp³-hybridized carbons (Fsp3) is 0.300. The fourth-order valence-electron chi connectivity index (χ4n) is 2.46. The zero-order chi connectivity index (χ0) is 19.8. The number of hydrogen-bond acceptors (Lipinski definition) is 3. The van der Waals surface area contributed by atoms with Crippen LogP contribution in [0.4, 0.5) is 10.1 Å². The number of rotatable bonds is 8. The third-order valence-electron chi connectivity index (χ3n) is 4.23. The molecule has 0 radical (unpaired) electrons. The van der Waals surface area contributed by atoms with E-state index in [-0.39, 0.29) is 30.5 Å². The first-order chi connectivity index (χ1) is 12.9. The molecule has 2 rings (SSSR count). The first-order valence-corrected chi connectivity index (χ1v) is 9.45. The molecule has 2 aromatic rings. The van der Waals surface area contributed by atoms with Gasteiger partial charge in [-0.3, -0.25) is 9.59 Å². The standard InChI is InChI=1S/C20H23BrFN3O2/c1-14(25(2)16-6-4-3-5-7-16)13-24-19(26)10-11-23-20(27)17-12-15(22)8-9-18(17)21/h3-9,12,14H,10-11,13H2,1-2H3,(H,23,27)(H,24,26). The molecule has 0 spiro atoms. The molecule has 27 heavy (non-hydrogen) atoms. The van der Waals surface area contributed by atoms with Crippen LogP contribution >= 0.6 is 15.9 Å². The number of carbonyl (C=O) groups is 2. The summed E-state index contributed by atoms with van der Waals surface area (Å²) in [5, 5.41) is 5.49. The van der Waals surface area contributed by atoms with E-state index < -0.39 is 11.7 Å². The zero-order valence-corrected chi connectivity index (χ0v) is 16.9. The van der Waals surface area contributed by atoms with Crippen molar-refractivity contribution >= 4 is 33.4 Å². The molecule has 0 aromatic heterocycles. The lowest BCUT2D eigenvalue weighted by Crippen LogP contribution is -2.41. The molecule has 1 unspecified atom stereocenters. The minimum Gasteiger partial charge on any atom is -0.370 e. The highest BCUT2D eigenvalue weighted by Gasteiger charge is 2.13. The smallest absolute Gasteiger partial charge is 0.252 e. The lowest BCUT2D eigenvalue weighted by Gasteiger charge is -2.27. The molecule has 7 heteroatoms. The van der Waals surface area contributed by atoms with Gasteiger partial charge in [-0.25, -0.2) is 4.39 Å². The van der Waals surface area contributed by atoms with Gasteiger partial charge in [-0.2, -0.15) is 0 Å². The van der Waals surface area contributed by atoms with Crippen LogP contribution in [0.1, 0.15) is 23.7 Å². The van der Waals surface area contributed by atoms with Crippen molar-refractivity contribution in [2.24, 2.45) is 0 Å². The lowest BCUT2D eigenvalue weighted by atomic mass is 10.2. The van der Waals surface area contributed by atoms with Gasteiger partial charge in [0.2, 0.25) is 5.91 Å². The third kappa shape index (κ3) is 6.36. The van der Waals surface area contributed by atoms with Crippen LogP contribution in [0.3, 0.4) is 0 Å². The van der Waals surface area contributed by atoms with E-state index >= 15 is 0 Å². The second kappa shape index (κ2) is 10.1. The van der Waals surface area contributed by atoms with E-state index in [1.807, 2.05) is 44.3 Å². The van der Waals surface area contributed by atoms with Gasteiger partial charge in [0.1, 0.15) is 5.82 Å². The average molecular weight is 436 g/mol. The summed E-state index contributed by atoms with van der Waals surface area (Å²) in [6.07, 6.45) is 0.153. The van der Waals surface area contributed by atoms with Crippen LogP contribution in [-0.4, -0.2) is 38.0 Å². The summed E-state index contributed by atoms with van der Waals surface area (Å²) in [4.78, 5) is 26.1. The largest absolute Gasteiger partial charge is 0.370 e. The quantitative estimate of drug-likeness (QED) is 0.668. The molecule has 0 saturated carbocycles. The number of hydrogen-bond donors (Lipinski definition) is 2. The number of carbonyl (C=O) groups excluding carboxylic acids is 2. The van der Waals surface area contributed by atoms with Crippen LogP contribution in [0.2, 0.25) is 0 Å². The molecule has 5 nitrogen and oxygen atoms in total. The van der Waals surface area contributed by atoms with Crippen molar-refractivity contribution in [2.75, 3.05) is 25.0 Å². The number of nitrogens with one attached hydrogen (secondary N) is 2. The topological polar surface area (TPSA) is 61.4 Å². The summed E-state index contributed by atoms with van der Waals surface area (Å²) in [5.41, 5.74) is 1.28. The van der Waals surface area contributed by atoms with E-state index in [4.69, 9.17) is 0 Å². The molecule has 0 aliphatic heterocycles. The van der Waals surface area contributed by atoms with E-state index in [0.29, 0.717) is 11.0 Å². The molecule has 0 aliphatic carbocycles. The van der Waals surface area contributed by atoms with Gasteiger partial charge < -0.3 is 15.5 Å². The minimum atomic E-state index is -0.488. The Kier molecular flexibility index (Phi) is 7.79. The maximum Gasteiger partial charge on any atom is 0.252 e. The van der Waals surface area contributed by atoms with Crippen LogP contribution in [0.15, 0.2) is 53.0 Å². The Balaban J connectivity index is 1.73. The summed E-state index contributed by atoms with van der Waals surface area (Å²) < 4.78 is 13.8. The number of likely N-dealkylation sites (N-methyl/N-ethyl adjacent to an activating group) is 1. The maximum atomic E-state index is 13.3. The van der Waals surface area contributed by atoms with Crippen molar-refractivity contribution in [1.29, 1.82) is 0 Å². The zero-order valence-electron chi connectivity index (χ0n) is 15.3. The molecular weight excluding hydrogens is 413 g/mol. The number of anilines is 1. The van der Waals surface area contributed by atoms with E-state index in [1.165, 1.54) is 12.1 Å². The van der Waals surface area contributed by atoms with Crippen LogP contribution in [0.5, 0.6) is 0 Å². The van der Waals surface area contributed by atoms with Crippen molar-refractivity contribution in [3.8, 4) is 0 Å². The molecule has 2 amide bonds. The van der Waals surface area contributed by atoms with Gasteiger partial charge in [0, 0.05) is 42.8 Å². The molecule has 0 saturated heterocycles. The van der Waals surface area contributed by atoms with E-state index in [2.05, 4.69) is 31.5 Å². The van der Waals surface area contributed by atoms with Gasteiger partial charge in [0.15, 0.2) is 0 Å². The predicted octanol–water partition coefficient (Wildman–Crippen LogP) is 3.35. The Morgan fingerprint density at radius 2 is 1.85 bits per heavy atom. The van der Waals surface area contributed by atoms with Crippen LogP contribution < -0.4 is 15.5 Å². The Morgan fingerprint density at radius 3 is 2.56 bits per heavy atom. The molecular formula is C20H23BrFN3O2. The van der Waals surface area contributed by atoms with Crippen molar-refractivity contribution in [1.82, 2.24) is 10.6 Å². The Morgan fingerprint density at radius 1 is 1.15 bits per heavy atom. The maximum absolute atomic E-state index is 13.3. The number of para-hydroxylation sites is 1. The molecule has 0 fully saturated rings. The van der Waals surface area contributed by atoms with Gasteiger partial charge in [-0.1, -0.05) is 18.2 Å². The van der Waals surface area contributed by atoms with Crippen LogP contribution in [0.25, 0.3) is 0 Å². The van der Waals surface area contributed by atoms with E-state index in [9.17, 15) is 14.0 Å². The molecule has 2 N–H and O–H groups in total. The molecule has 144 valence electrons. The minimum absolute atomic E-state index is 0.120. The Labute approximate surface area is 167 Å². The predicted molar refractivity (Wildman–Crippen MR) is 108 cm³/mol. The molecule has 0 bridgehead atoms. The average Bonchev–Trinajstić information content (AvgIpc) is 2.67. The summed E-state index contributed by atoms with van der Waals surface area (Å²) >= 11 is 3.21. The molecule has 0 aliphatic rings. The number of benzene rings is 2. The summed E-state index contributed by atoms with van der Waals surface area (Å²) in [5.74, 6) is -1.06.